The van der Waals surface area contributed by atoms with Gasteiger partial charge in [-0.25, -0.2) is 9.59 Å². The fourth-order valence-electron chi connectivity index (χ4n) is 2.87. The largest absolute Gasteiger partial charge is 0.487 e. The first-order valence-electron chi connectivity index (χ1n) is 8.88. The number of halogens is 1. The van der Waals surface area contributed by atoms with E-state index in [9.17, 15) is 9.59 Å². The van der Waals surface area contributed by atoms with Gasteiger partial charge in [0.05, 0.1) is 35.6 Å². The molecule has 1 heterocycles. The van der Waals surface area contributed by atoms with E-state index in [1.54, 1.807) is 55.5 Å². The minimum atomic E-state index is -0.709. The van der Waals surface area contributed by atoms with Gasteiger partial charge in [0.1, 0.15) is 12.4 Å². The summed E-state index contributed by atoms with van der Waals surface area (Å²) in [5.74, 6) is -0.0612. The third-order valence-corrected chi connectivity index (χ3v) is 4.47. The molecule has 1 unspecified atom stereocenters. The fraction of sp³-hybridized carbons (Fsp3) is 0.190. The van der Waals surface area contributed by atoms with Gasteiger partial charge in [-0.15, -0.1) is 0 Å². The molecule has 0 radical (unpaired) electrons. The number of nitrogens with one attached hydrogen (secondary N) is 2. The summed E-state index contributed by atoms with van der Waals surface area (Å²) < 4.78 is 10.9. The second-order valence-electron chi connectivity index (χ2n) is 6.12. The van der Waals surface area contributed by atoms with Crippen LogP contribution in [-0.4, -0.2) is 25.2 Å². The van der Waals surface area contributed by atoms with E-state index < -0.39 is 18.0 Å². The van der Waals surface area contributed by atoms with Crippen LogP contribution < -0.4 is 15.4 Å². The van der Waals surface area contributed by atoms with Crippen molar-refractivity contribution in [1.29, 1.82) is 5.26 Å². The number of hydrogen-bond acceptors (Lipinski definition) is 5. The van der Waals surface area contributed by atoms with Crippen LogP contribution in [0, 0.1) is 11.3 Å². The number of amides is 2. The lowest BCUT2D eigenvalue weighted by Gasteiger charge is -2.29. The number of carbonyl (C=O) groups excluding carboxylic acids is 2. The SMILES string of the molecule is CCOC(=O)C1=C(COc2ccc(C#N)cc2)NC(=O)NC1c1ccc(Cl)cc1. The molecule has 8 heteroatoms. The molecule has 2 aromatic carbocycles. The second-order valence-corrected chi connectivity index (χ2v) is 6.56. The van der Waals surface area contributed by atoms with Crippen LogP contribution in [0.4, 0.5) is 4.79 Å². The van der Waals surface area contributed by atoms with Gasteiger partial charge in [0.25, 0.3) is 0 Å². The highest BCUT2D eigenvalue weighted by Gasteiger charge is 2.34. The summed E-state index contributed by atoms with van der Waals surface area (Å²) in [4.78, 5) is 24.9. The molecule has 1 atom stereocenters. The summed E-state index contributed by atoms with van der Waals surface area (Å²) in [6.45, 7) is 1.84. The first kappa shape index (κ1) is 20.2. The standard InChI is InChI=1S/C21H18ClN3O4/c1-2-28-20(26)18-17(12-29-16-9-3-13(11-23)4-10-16)24-21(27)25-19(18)14-5-7-15(22)8-6-14/h3-10,19H,2,12H2,1H3,(H2,24,25,27). The second kappa shape index (κ2) is 9.13. The summed E-state index contributed by atoms with van der Waals surface area (Å²) in [7, 11) is 0. The number of esters is 1. The average Bonchev–Trinajstić information content (AvgIpc) is 2.72. The van der Waals surface area contributed by atoms with Crippen LogP contribution in [0.5, 0.6) is 5.75 Å². The van der Waals surface area contributed by atoms with E-state index in [-0.39, 0.29) is 18.8 Å². The Bertz CT molecular complexity index is 978. The van der Waals surface area contributed by atoms with Crippen LogP contribution in [0.1, 0.15) is 24.1 Å². The Morgan fingerprint density at radius 1 is 1.17 bits per heavy atom. The molecule has 0 bridgehead atoms. The highest BCUT2D eigenvalue weighted by molar-refractivity contribution is 6.30. The number of carbonyl (C=O) groups is 2. The Morgan fingerprint density at radius 2 is 1.86 bits per heavy atom. The average molecular weight is 412 g/mol. The van der Waals surface area contributed by atoms with Gasteiger partial charge in [0.2, 0.25) is 0 Å². The first-order valence-corrected chi connectivity index (χ1v) is 9.25. The number of urea groups is 1. The van der Waals surface area contributed by atoms with Crippen molar-refractivity contribution >= 4 is 23.6 Å². The monoisotopic (exact) mass is 411 g/mol. The molecule has 2 amide bonds. The molecule has 0 aliphatic carbocycles. The Balaban J connectivity index is 1.93. The summed E-state index contributed by atoms with van der Waals surface area (Å²) in [5, 5.41) is 14.8. The van der Waals surface area contributed by atoms with Crippen molar-refractivity contribution in [2.75, 3.05) is 13.2 Å². The van der Waals surface area contributed by atoms with Crippen LogP contribution in [0.2, 0.25) is 5.02 Å². The number of nitriles is 1. The quantitative estimate of drug-likeness (QED) is 0.709. The number of nitrogens with zero attached hydrogens (tertiary/aromatic N) is 1. The maximum absolute atomic E-state index is 12.7. The van der Waals surface area contributed by atoms with Crippen molar-refractivity contribution in [1.82, 2.24) is 10.6 Å². The molecule has 0 saturated heterocycles. The molecule has 0 aromatic heterocycles. The highest BCUT2D eigenvalue weighted by atomic mass is 35.5. The van der Waals surface area contributed by atoms with Gasteiger partial charge >= 0.3 is 12.0 Å². The number of benzene rings is 2. The van der Waals surface area contributed by atoms with Gasteiger partial charge in [0.15, 0.2) is 0 Å². The first-order chi connectivity index (χ1) is 14.0. The van der Waals surface area contributed by atoms with Gasteiger partial charge in [-0.2, -0.15) is 5.26 Å². The van der Waals surface area contributed by atoms with E-state index >= 15 is 0 Å². The molecule has 7 nitrogen and oxygen atoms in total. The Labute approximate surface area is 172 Å². The third kappa shape index (κ3) is 4.86. The topological polar surface area (TPSA) is 100 Å². The smallest absolute Gasteiger partial charge is 0.338 e. The van der Waals surface area contributed by atoms with Crippen molar-refractivity contribution in [2.24, 2.45) is 0 Å². The molecule has 3 rings (SSSR count). The molecule has 148 valence electrons. The maximum atomic E-state index is 12.7. The number of hydrogen-bond donors (Lipinski definition) is 2. The highest BCUT2D eigenvalue weighted by Crippen LogP contribution is 2.29. The van der Waals surface area contributed by atoms with Crippen molar-refractivity contribution in [3.63, 3.8) is 0 Å². The van der Waals surface area contributed by atoms with Crippen molar-refractivity contribution in [2.45, 2.75) is 13.0 Å². The van der Waals surface area contributed by atoms with E-state index in [1.807, 2.05) is 6.07 Å². The normalized spacial score (nSPS) is 15.8. The molecule has 29 heavy (non-hydrogen) atoms. The predicted molar refractivity (Wildman–Crippen MR) is 106 cm³/mol. The zero-order chi connectivity index (χ0) is 20.8. The fourth-order valence-corrected chi connectivity index (χ4v) is 2.99. The van der Waals surface area contributed by atoms with E-state index in [2.05, 4.69) is 10.6 Å². The summed E-state index contributed by atoms with van der Waals surface area (Å²) in [6.07, 6.45) is 0. The lowest BCUT2D eigenvalue weighted by atomic mass is 9.95. The van der Waals surface area contributed by atoms with Crippen LogP contribution in [0.25, 0.3) is 0 Å². The van der Waals surface area contributed by atoms with Crippen LogP contribution in [0.3, 0.4) is 0 Å². The lowest BCUT2D eigenvalue weighted by Crippen LogP contribution is -2.47. The number of rotatable bonds is 6. The molecular formula is C21H18ClN3O4. The van der Waals surface area contributed by atoms with Crippen LogP contribution >= 0.6 is 11.6 Å². The van der Waals surface area contributed by atoms with E-state index in [4.69, 9.17) is 26.3 Å². The Hall–Kier alpha value is -3.50. The zero-order valence-electron chi connectivity index (χ0n) is 15.6. The Kier molecular flexibility index (Phi) is 6.37. The Morgan fingerprint density at radius 3 is 2.48 bits per heavy atom. The summed E-state index contributed by atoms with van der Waals surface area (Å²) in [5.41, 5.74) is 1.74. The molecule has 1 aliphatic heterocycles. The van der Waals surface area contributed by atoms with Crippen molar-refractivity contribution in [3.05, 3.63) is 76.0 Å². The minimum absolute atomic E-state index is 0.0580. The lowest BCUT2D eigenvalue weighted by molar-refractivity contribution is -0.139. The van der Waals surface area contributed by atoms with Crippen LogP contribution in [0.15, 0.2) is 59.8 Å². The van der Waals surface area contributed by atoms with Gasteiger partial charge in [-0.1, -0.05) is 23.7 Å². The molecule has 0 spiro atoms. The van der Waals surface area contributed by atoms with Crippen molar-refractivity contribution in [3.8, 4) is 11.8 Å². The zero-order valence-corrected chi connectivity index (χ0v) is 16.3. The van der Waals surface area contributed by atoms with E-state index in [0.717, 1.165) is 0 Å². The third-order valence-electron chi connectivity index (χ3n) is 4.22. The molecule has 2 N–H and O–H groups in total. The van der Waals surface area contributed by atoms with Gasteiger partial charge in [-0.05, 0) is 48.9 Å². The molecular weight excluding hydrogens is 394 g/mol. The summed E-state index contributed by atoms with van der Waals surface area (Å²) in [6, 6.07) is 14.2. The molecule has 0 fully saturated rings. The predicted octanol–water partition coefficient (Wildman–Crippen LogP) is 3.46. The maximum Gasteiger partial charge on any atom is 0.338 e. The van der Waals surface area contributed by atoms with Gasteiger partial charge in [0, 0.05) is 5.02 Å². The van der Waals surface area contributed by atoms with Gasteiger partial charge < -0.3 is 20.1 Å². The molecule has 1 aliphatic rings. The molecule has 0 saturated carbocycles. The van der Waals surface area contributed by atoms with Gasteiger partial charge in [-0.3, -0.25) is 0 Å². The van der Waals surface area contributed by atoms with E-state index in [0.29, 0.717) is 27.6 Å². The summed E-state index contributed by atoms with van der Waals surface area (Å²) >= 11 is 5.95. The molecule has 2 aromatic rings. The van der Waals surface area contributed by atoms with E-state index in [1.165, 1.54) is 0 Å². The van der Waals surface area contributed by atoms with Crippen LogP contribution in [-0.2, 0) is 9.53 Å². The minimum Gasteiger partial charge on any atom is -0.487 e. The van der Waals surface area contributed by atoms with Crippen molar-refractivity contribution < 1.29 is 19.1 Å². The number of ether oxygens (including phenoxy) is 2.